The van der Waals surface area contributed by atoms with Crippen molar-refractivity contribution < 1.29 is 9.53 Å². The van der Waals surface area contributed by atoms with Crippen LogP contribution in [-0.4, -0.2) is 23.2 Å². The maximum Gasteiger partial charge on any atom is 0.242 e. The molecule has 3 rings (SSSR count). The van der Waals surface area contributed by atoms with Crippen molar-refractivity contribution in [1.29, 1.82) is 0 Å². The number of thioether (sulfide) groups is 1. The topological polar surface area (TPSA) is 64.1 Å². The third-order valence-corrected chi connectivity index (χ3v) is 5.86. The number of hydrogen-bond acceptors (Lipinski definition) is 6. The number of hydrogen-bond donors (Lipinski definition) is 1. The van der Waals surface area contributed by atoms with Crippen molar-refractivity contribution in [2.24, 2.45) is 0 Å². The van der Waals surface area contributed by atoms with Gasteiger partial charge in [-0.3, -0.25) is 4.79 Å². The van der Waals surface area contributed by atoms with Crippen molar-refractivity contribution in [3.8, 4) is 5.75 Å². The molecule has 5 nitrogen and oxygen atoms in total. The highest BCUT2D eigenvalue weighted by atomic mass is 32.2. The molecule has 0 aliphatic heterocycles. The van der Waals surface area contributed by atoms with Gasteiger partial charge in [0.25, 0.3) is 0 Å². The predicted molar refractivity (Wildman–Crippen MR) is 106 cm³/mol. The number of benzene rings is 2. The van der Waals surface area contributed by atoms with Gasteiger partial charge in [0.2, 0.25) is 5.91 Å². The monoisotopic (exact) mass is 385 g/mol. The lowest BCUT2D eigenvalue weighted by atomic mass is 10.1. The largest absolute Gasteiger partial charge is 0.495 e. The summed E-state index contributed by atoms with van der Waals surface area (Å²) in [5, 5.41) is 11.6. The van der Waals surface area contributed by atoms with Crippen LogP contribution in [-0.2, 0) is 4.79 Å². The molecule has 1 atom stereocenters. The fourth-order valence-electron chi connectivity index (χ4n) is 2.45. The van der Waals surface area contributed by atoms with Crippen molar-refractivity contribution in [2.75, 3.05) is 12.4 Å². The Balaban J connectivity index is 1.89. The van der Waals surface area contributed by atoms with E-state index in [4.69, 9.17) is 4.74 Å². The summed E-state index contributed by atoms with van der Waals surface area (Å²) < 4.78 is 6.13. The highest BCUT2D eigenvalue weighted by Gasteiger charge is 2.24. The standard InChI is InChI=1S/C19H19N3O2S2/c1-12-9-10-16(24-3)15(11-12)20-18(23)17(14-7-5-4-6-8-14)26-19-22-21-13(2)25-19/h4-11,17H,1-3H3,(H,20,23)/t17-/m1/s1. The van der Waals surface area contributed by atoms with Gasteiger partial charge in [0.05, 0.1) is 12.8 Å². The molecule has 0 spiro atoms. The molecule has 2 aromatic carbocycles. The first kappa shape index (κ1) is 18.4. The first-order chi connectivity index (χ1) is 12.6. The summed E-state index contributed by atoms with van der Waals surface area (Å²) in [7, 11) is 1.59. The number of carbonyl (C=O) groups excluding carboxylic acids is 1. The summed E-state index contributed by atoms with van der Waals surface area (Å²) in [4.78, 5) is 13.1. The van der Waals surface area contributed by atoms with Gasteiger partial charge in [0.15, 0.2) is 4.34 Å². The van der Waals surface area contributed by atoms with E-state index >= 15 is 0 Å². The van der Waals surface area contributed by atoms with Gasteiger partial charge in [-0.1, -0.05) is 59.5 Å². The van der Waals surface area contributed by atoms with Gasteiger partial charge in [0, 0.05) is 0 Å². The Morgan fingerprint density at radius 1 is 1.15 bits per heavy atom. The van der Waals surface area contributed by atoms with Gasteiger partial charge in [-0.15, -0.1) is 10.2 Å². The molecule has 3 aromatic rings. The SMILES string of the molecule is COc1ccc(C)cc1NC(=O)[C@H](Sc1nnc(C)s1)c1ccccc1. The molecule has 0 bridgehead atoms. The maximum absolute atomic E-state index is 13.1. The number of ether oxygens (including phenoxy) is 1. The average Bonchev–Trinajstić information content (AvgIpc) is 3.05. The minimum absolute atomic E-state index is 0.127. The fraction of sp³-hybridized carbons (Fsp3) is 0.211. The molecule has 1 N–H and O–H groups in total. The van der Waals surface area contributed by atoms with Gasteiger partial charge in [0.1, 0.15) is 16.0 Å². The van der Waals surface area contributed by atoms with Crippen LogP contribution in [0.3, 0.4) is 0 Å². The maximum atomic E-state index is 13.1. The molecule has 0 saturated carbocycles. The fourth-order valence-corrected chi connectivity index (χ4v) is 4.45. The minimum atomic E-state index is -0.436. The van der Waals surface area contributed by atoms with Gasteiger partial charge in [-0.25, -0.2) is 0 Å². The van der Waals surface area contributed by atoms with Crippen molar-refractivity contribution >= 4 is 34.7 Å². The van der Waals surface area contributed by atoms with Crippen LogP contribution in [0, 0.1) is 13.8 Å². The second-order valence-electron chi connectivity index (χ2n) is 5.69. The second kappa shape index (κ2) is 8.33. The number of amides is 1. The predicted octanol–water partition coefficient (Wildman–Crippen LogP) is 4.64. The Morgan fingerprint density at radius 3 is 2.58 bits per heavy atom. The number of aromatic nitrogens is 2. The van der Waals surface area contributed by atoms with Crippen LogP contribution in [0.4, 0.5) is 5.69 Å². The molecule has 134 valence electrons. The summed E-state index contributed by atoms with van der Waals surface area (Å²) in [5.74, 6) is 0.505. The molecule has 26 heavy (non-hydrogen) atoms. The first-order valence-corrected chi connectivity index (χ1v) is 9.73. The normalized spacial score (nSPS) is 11.8. The smallest absolute Gasteiger partial charge is 0.242 e. The van der Waals surface area contributed by atoms with Crippen molar-refractivity contribution in [3.63, 3.8) is 0 Å². The Kier molecular flexibility index (Phi) is 5.90. The highest BCUT2D eigenvalue weighted by Crippen LogP contribution is 2.38. The molecule has 1 aromatic heterocycles. The minimum Gasteiger partial charge on any atom is -0.495 e. The number of rotatable bonds is 6. The average molecular weight is 386 g/mol. The lowest BCUT2D eigenvalue weighted by Gasteiger charge is -2.17. The summed E-state index contributed by atoms with van der Waals surface area (Å²) in [6, 6.07) is 15.4. The molecule has 0 unspecified atom stereocenters. The number of nitrogens with one attached hydrogen (secondary N) is 1. The molecule has 0 fully saturated rings. The van der Waals surface area contributed by atoms with Gasteiger partial charge < -0.3 is 10.1 Å². The summed E-state index contributed by atoms with van der Waals surface area (Å²) in [5.41, 5.74) is 2.62. The lowest BCUT2D eigenvalue weighted by Crippen LogP contribution is -2.19. The van der Waals surface area contributed by atoms with Gasteiger partial charge in [-0.05, 0) is 37.1 Å². The van der Waals surface area contributed by atoms with E-state index < -0.39 is 5.25 Å². The zero-order valence-corrected chi connectivity index (χ0v) is 16.4. The number of anilines is 1. The van der Waals surface area contributed by atoms with E-state index in [1.54, 1.807) is 7.11 Å². The van der Waals surface area contributed by atoms with Crippen molar-refractivity contribution in [2.45, 2.75) is 23.4 Å². The molecule has 0 aliphatic rings. The summed E-state index contributed by atoms with van der Waals surface area (Å²) >= 11 is 2.88. The second-order valence-corrected chi connectivity index (χ2v) is 8.22. The number of nitrogens with zero attached hydrogens (tertiary/aromatic N) is 2. The molecule has 7 heteroatoms. The quantitative estimate of drug-likeness (QED) is 0.627. The van der Waals surface area contributed by atoms with E-state index in [1.165, 1.54) is 23.1 Å². The number of carbonyl (C=O) groups is 1. The van der Waals surface area contributed by atoms with Crippen molar-refractivity contribution in [3.05, 3.63) is 64.7 Å². The molecular weight excluding hydrogens is 366 g/mol. The van der Waals surface area contributed by atoms with Gasteiger partial charge in [-0.2, -0.15) is 0 Å². The lowest BCUT2D eigenvalue weighted by molar-refractivity contribution is -0.115. The van der Waals surface area contributed by atoms with Crippen LogP contribution in [0.1, 0.15) is 21.4 Å². The van der Waals surface area contributed by atoms with E-state index in [0.29, 0.717) is 11.4 Å². The summed E-state index contributed by atoms with van der Waals surface area (Å²) in [6.45, 7) is 3.87. The molecule has 0 radical (unpaired) electrons. The molecule has 1 heterocycles. The van der Waals surface area contributed by atoms with E-state index in [9.17, 15) is 4.79 Å². The van der Waals surface area contributed by atoms with Crippen LogP contribution in [0.5, 0.6) is 5.75 Å². The molecular formula is C19H19N3O2S2. The van der Waals surface area contributed by atoms with Crippen LogP contribution >= 0.6 is 23.1 Å². The van der Waals surface area contributed by atoms with Crippen LogP contribution in [0.25, 0.3) is 0 Å². The molecule has 0 aliphatic carbocycles. The van der Waals surface area contributed by atoms with Crippen LogP contribution in [0.15, 0.2) is 52.9 Å². The third-order valence-electron chi connectivity index (χ3n) is 3.68. The Bertz CT molecular complexity index is 897. The van der Waals surface area contributed by atoms with E-state index in [1.807, 2.05) is 62.4 Å². The Hall–Kier alpha value is -2.38. The Labute approximate surface area is 160 Å². The zero-order chi connectivity index (χ0) is 18.5. The van der Waals surface area contributed by atoms with Crippen molar-refractivity contribution in [1.82, 2.24) is 10.2 Å². The van der Waals surface area contributed by atoms with Crippen LogP contribution < -0.4 is 10.1 Å². The summed E-state index contributed by atoms with van der Waals surface area (Å²) in [6.07, 6.45) is 0. The zero-order valence-electron chi connectivity index (χ0n) is 14.7. The third kappa shape index (κ3) is 4.42. The molecule has 1 amide bonds. The number of aryl methyl sites for hydroxylation is 2. The van der Waals surface area contributed by atoms with Gasteiger partial charge >= 0.3 is 0 Å². The number of methoxy groups -OCH3 is 1. The highest BCUT2D eigenvalue weighted by molar-refractivity contribution is 8.01. The van der Waals surface area contributed by atoms with E-state index in [-0.39, 0.29) is 5.91 Å². The Morgan fingerprint density at radius 2 is 1.92 bits per heavy atom. The molecule has 0 saturated heterocycles. The van der Waals surface area contributed by atoms with Crippen LogP contribution in [0.2, 0.25) is 0 Å². The van der Waals surface area contributed by atoms with E-state index in [0.717, 1.165) is 20.5 Å². The first-order valence-electron chi connectivity index (χ1n) is 8.04. The van der Waals surface area contributed by atoms with E-state index in [2.05, 4.69) is 15.5 Å².